The topological polar surface area (TPSA) is 276 Å². The monoisotopic (exact) mass is 2030 g/mol. The summed E-state index contributed by atoms with van der Waals surface area (Å²) in [5.41, 5.74) is 9.04. The number of benzene rings is 8. The van der Waals surface area contributed by atoms with Gasteiger partial charge in [0.2, 0.25) is 0 Å². The second kappa shape index (κ2) is 37.5. The lowest BCUT2D eigenvalue weighted by atomic mass is 9.77. The van der Waals surface area contributed by atoms with Crippen molar-refractivity contribution >= 4 is 117 Å². The number of rotatable bonds is 8. The van der Waals surface area contributed by atoms with Crippen LogP contribution in [-0.2, 0) is 57.1 Å². The number of hydrogen-bond donors (Lipinski definition) is 8. The highest BCUT2D eigenvalue weighted by Gasteiger charge is 2.53. The number of H-pyrrole nitrogens is 4. The van der Waals surface area contributed by atoms with Gasteiger partial charge in [0.15, 0.2) is 46.6 Å². The Labute approximate surface area is 805 Å². The zero-order valence-corrected chi connectivity index (χ0v) is 78.5. The number of nitrogens with one attached hydrogen (secondary N) is 8. The van der Waals surface area contributed by atoms with Crippen LogP contribution >= 0.6 is 38.5 Å². The van der Waals surface area contributed by atoms with Crippen LogP contribution in [-0.4, -0.2) is 97.3 Å². The highest BCUT2D eigenvalue weighted by atomic mass is 127. The molecule has 21 rings (SSSR count). The van der Waals surface area contributed by atoms with Gasteiger partial charge < -0.3 is 50.5 Å². The molecule has 0 atom stereocenters. The van der Waals surface area contributed by atoms with E-state index in [0.717, 1.165) is 42.0 Å². The van der Waals surface area contributed by atoms with Crippen LogP contribution in [0.15, 0.2) is 114 Å². The van der Waals surface area contributed by atoms with E-state index in [1.54, 1.807) is 42.8 Å². The molecule has 0 bridgehead atoms. The zero-order valence-electron chi connectivity index (χ0n) is 74.7. The summed E-state index contributed by atoms with van der Waals surface area (Å²) in [6.45, 7) is 39.1. The van der Waals surface area contributed by atoms with E-state index in [1.165, 1.54) is 35.2 Å². The van der Waals surface area contributed by atoms with Gasteiger partial charge in [-0.05, 0) is 226 Å². The number of aryl methyl sites for hydroxylation is 8. The summed E-state index contributed by atoms with van der Waals surface area (Å²) in [5, 5.41) is 59.7. The fourth-order valence-electron chi connectivity index (χ4n) is 18.0. The third-order valence-corrected chi connectivity index (χ3v) is 26.3. The standard InChI is InChI=1S/C23H20F2N6.C22H20F2IN5.C22H21F2N5.C15H20BNO2.C13H13BrF2N4.6CH4/c1-5-17-29-30-22-23(3,4)28-16-8-15(24)18(19(25)21(16)31(17)22)14-7-11(2)6-13-12(9-26)10-27-20(13)14;1-5-16-28-29-21-22(3,4)27-15-8-13(23)17(18(24)20(15)30(16)21)12-7-10(2)6-11-14(25)9-26-19(11)12;1-5-16-27-28-21-22(3,4)26-15-10-14(23)17(18(24)20(15)29(16)21)13-9-11(2)8-12-6-7-25-19(12)13;1-10-8-11-6-7-17-13(11)12(9-10)16-18-14(2,3)15(4,5)19-16;1-4-8-18-19-12-13(2,3)17-7-5-6(15)9(14)10(16)11(7)20(8)12;;;;;;/h6-8,10,27-28H,5H2,1-4H3;6-9,26-27H,5H2,1-4H3;6-10,25-26H,5H2,1-4H3;6-9,17H,1-5H3;5,17H,4H2,1-3H3;6*1H4. The zero-order chi connectivity index (χ0) is 92.4. The maximum absolute atomic E-state index is 16.1. The first-order valence-electron chi connectivity index (χ1n) is 42.5. The SMILES string of the molecule is C.C.C.C.C.C.CCc1nnc2n1-c1c(cc(F)c(-c3cc(C)cc4c(C#N)c[nH]c34)c1F)NC2(C)C.CCc1nnc2n1-c1c(cc(F)c(-c3cc(C)cc4c(I)c[nH]c34)c1F)NC2(C)C.CCc1nnc2n1-c1c(cc(F)c(-c3cc(C)cc4cc[nH]c34)c1F)NC2(C)C.CCc1nnc2n1-c1c(cc(F)c(Br)c1F)NC2(C)C.Cc1cc(B2OC(C)(C)C(C)(C)O2)c2[nH]ccc2c1. The van der Waals surface area contributed by atoms with Crippen molar-refractivity contribution in [2.75, 3.05) is 21.3 Å². The first-order valence-corrected chi connectivity index (χ1v) is 44.3. The molecule has 1 saturated heterocycles. The second-order valence-corrected chi connectivity index (χ2v) is 38.2. The largest absolute Gasteiger partial charge is 0.497 e. The molecule has 8 N–H and O–H groups in total. The van der Waals surface area contributed by atoms with E-state index < -0.39 is 68.7 Å². The molecule has 23 nitrogen and oxygen atoms in total. The number of nitrogens with zero attached hydrogens (tertiary/aromatic N) is 13. The fourth-order valence-corrected chi connectivity index (χ4v) is 18.8. The summed E-state index contributed by atoms with van der Waals surface area (Å²) in [7, 11) is -0.314. The van der Waals surface area contributed by atoms with Crippen LogP contribution in [0.5, 0.6) is 0 Å². The molecule has 5 aliphatic heterocycles. The normalized spacial score (nSPS) is 14.9. The Morgan fingerprint density at radius 1 is 0.393 bits per heavy atom. The smallest absolute Gasteiger partial charge is 0.399 e. The molecule has 1 fully saturated rings. The molecule has 0 radical (unpaired) electrons. The lowest BCUT2D eigenvalue weighted by molar-refractivity contribution is 0.00578. The molecule has 0 amide bonds. The number of halogens is 10. The van der Waals surface area contributed by atoms with Crippen molar-refractivity contribution in [1.29, 1.82) is 5.26 Å². The fraction of sp³-hybridized carbons (Fsp3) is 0.356. The minimum Gasteiger partial charge on any atom is -0.399 e. The van der Waals surface area contributed by atoms with Gasteiger partial charge >= 0.3 is 7.12 Å². The van der Waals surface area contributed by atoms with Crippen LogP contribution in [0.25, 0.3) is 99.7 Å². The van der Waals surface area contributed by atoms with Crippen LogP contribution in [0.3, 0.4) is 0 Å². The van der Waals surface area contributed by atoms with E-state index in [2.05, 4.69) is 179 Å². The van der Waals surface area contributed by atoms with E-state index in [4.69, 9.17) is 9.31 Å². The Kier molecular flexibility index (Phi) is 28.7. The molecule has 0 aliphatic carbocycles. The molecule has 135 heavy (non-hydrogen) atoms. The van der Waals surface area contributed by atoms with Crippen LogP contribution in [0.2, 0.25) is 0 Å². The minimum atomic E-state index is -0.700. The average molecular weight is 2030 g/mol. The number of hydrogen-bond acceptors (Lipinski definition) is 15. The molecule has 0 spiro atoms. The van der Waals surface area contributed by atoms with Gasteiger partial charge in [-0.3, -0.25) is 18.3 Å². The Balaban J connectivity index is 0.000000162. The van der Waals surface area contributed by atoms with Crippen LogP contribution in [0, 0.1) is 89.1 Å². The van der Waals surface area contributed by atoms with Gasteiger partial charge in [0.1, 0.15) is 75.4 Å². The Hall–Kier alpha value is -12.2. The minimum absolute atomic E-state index is 0. The molecular weight excluding hydrogens is 1910 g/mol. The molecule has 0 saturated carbocycles. The van der Waals surface area contributed by atoms with Gasteiger partial charge in [0.05, 0.1) is 99.4 Å². The van der Waals surface area contributed by atoms with Crippen LogP contribution < -0.4 is 26.7 Å². The van der Waals surface area contributed by atoms with E-state index in [1.807, 2.05) is 147 Å². The van der Waals surface area contributed by atoms with Crippen LogP contribution in [0.4, 0.5) is 57.9 Å². The van der Waals surface area contributed by atoms with Crippen molar-refractivity contribution in [2.45, 2.75) is 242 Å². The summed E-state index contributed by atoms with van der Waals surface area (Å²) in [4.78, 5) is 12.6. The number of nitriles is 1. The van der Waals surface area contributed by atoms with E-state index >= 15 is 26.3 Å². The number of aromatic amines is 4. The van der Waals surface area contributed by atoms with Crippen LogP contribution in [0.1, 0.15) is 230 Å². The number of fused-ring (bicyclic) bond motifs is 16. The predicted molar refractivity (Wildman–Crippen MR) is 540 cm³/mol. The second-order valence-electron chi connectivity index (χ2n) is 36.3. The van der Waals surface area contributed by atoms with Gasteiger partial charge in [-0.2, -0.15) is 5.26 Å². The molecule has 712 valence electrons. The summed E-state index contributed by atoms with van der Waals surface area (Å²) in [6, 6.07) is 26.9. The number of anilines is 4. The Bertz CT molecular complexity index is 7330. The molecule has 8 aromatic heterocycles. The first kappa shape index (κ1) is 103. The van der Waals surface area contributed by atoms with Gasteiger partial charge in [-0.1, -0.05) is 83.9 Å². The highest BCUT2D eigenvalue weighted by Crippen LogP contribution is 2.50. The van der Waals surface area contributed by atoms with Crippen molar-refractivity contribution in [3.63, 3.8) is 0 Å². The molecule has 16 aromatic rings. The maximum Gasteiger partial charge on any atom is 0.497 e. The Morgan fingerprint density at radius 3 is 1.07 bits per heavy atom. The summed E-state index contributed by atoms with van der Waals surface area (Å²) in [6.07, 6.45) is 9.46. The molecular formula is C101H118BBrF8IN21O2. The average Bonchev–Trinajstić information content (AvgIpc) is 1.69. The summed E-state index contributed by atoms with van der Waals surface area (Å²) >= 11 is 5.16. The van der Waals surface area contributed by atoms with E-state index in [0.29, 0.717) is 139 Å². The molecule has 34 heteroatoms. The lowest BCUT2D eigenvalue weighted by Crippen LogP contribution is -2.41. The van der Waals surface area contributed by atoms with Crippen molar-refractivity contribution in [3.8, 4) is 62.2 Å². The third kappa shape index (κ3) is 17.2. The maximum atomic E-state index is 16.1. The van der Waals surface area contributed by atoms with Gasteiger partial charge in [0, 0.05) is 122 Å². The molecule has 5 aliphatic rings. The predicted octanol–water partition coefficient (Wildman–Crippen LogP) is 26.3. The van der Waals surface area contributed by atoms with E-state index in [9.17, 15) is 14.0 Å². The molecule has 8 aromatic carbocycles. The van der Waals surface area contributed by atoms with Gasteiger partial charge in [0.25, 0.3) is 0 Å². The van der Waals surface area contributed by atoms with Crippen molar-refractivity contribution in [3.05, 3.63) is 239 Å². The quantitative estimate of drug-likeness (QED) is 0.0304. The van der Waals surface area contributed by atoms with Gasteiger partial charge in [-0.25, -0.2) is 35.1 Å². The van der Waals surface area contributed by atoms with Crippen molar-refractivity contribution in [1.82, 2.24) is 79.0 Å². The molecule has 0 unspecified atom stereocenters. The van der Waals surface area contributed by atoms with E-state index in [-0.39, 0.29) is 107 Å². The number of aromatic nitrogens is 16. The molecule has 13 heterocycles. The Morgan fingerprint density at radius 2 is 0.704 bits per heavy atom. The summed E-state index contributed by atoms with van der Waals surface area (Å²) < 4.78 is 142. The van der Waals surface area contributed by atoms with Gasteiger partial charge in [-0.15, -0.1) is 40.8 Å². The van der Waals surface area contributed by atoms with Crippen molar-refractivity contribution in [2.24, 2.45) is 0 Å². The summed E-state index contributed by atoms with van der Waals surface area (Å²) in [5.74, 6) is -0.241. The first-order chi connectivity index (χ1) is 61.0. The van der Waals surface area contributed by atoms with Crippen molar-refractivity contribution < 1.29 is 44.4 Å². The third-order valence-electron chi connectivity index (χ3n) is 24.7. The lowest BCUT2D eigenvalue weighted by Gasteiger charge is -2.34. The highest BCUT2D eigenvalue weighted by molar-refractivity contribution is 14.1.